The third-order valence-corrected chi connectivity index (χ3v) is 4.16. The average molecular weight is 326 g/mol. The van der Waals surface area contributed by atoms with Gasteiger partial charge in [0.05, 0.1) is 17.9 Å². The Bertz CT molecular complexity index is 727. The first-order valence-corrected chi connectivity index (χ1v) is 7.13. The summed E-state index contributed by atoms with van der Waals surface area (Å²) in [6, 6.07) is 5.21. The molecule has 5 nitrogen and oxygen atoms in total. The second-order valence-corrected chi connectivity index (χ2v) is 5.65. The number of amides is 1. The molecule has 0 radical (unpaired) electrons. The van der Waals surface area contributed by atoms with Crippen molar-refractivity contribution >= 4 is 34.8 Å². The Morgan fingerprint density at radius 3 is 2.81 bits per heavy atom. The zero-order chi connectivity index (χ0) is 15.1. The van der Waals surface area contributed by atoms with Gasteiger partial charge in [-0.15, -0.1) is 0 Å². The first kappa shape index (κ1) is 14.2. The number of anilines is 1. The first-order valence-electron chi connectivity index (χ1n) is 6.38. The molecular weight excluding hydrogens is 313 g/mol. The van der Waals surface area contributed by atoms with Crippen molar-refractivity contribution in [3.63, 3.8) is 0 Å². The Labute approximate surface area is 132 Å². The van der Waals surface area contributed by atoms with E-state index in [0.29, 0.717) is 28.2 Å². The van der Waals surface area contributed by atoms with Gasteiger partial charge in [-0.2, -0.15) is 5.10 Å². The highest BCUT2D eigenvalue weighted by molar-refractivity contribution is 6.31. The summed E-state index contributed by atoms with van der Waals surface area (Å²) in [7, 11) is 1.77. The van der Waals surface area contributed by atoms with Gasteiger partial charge in [-0.1, -0.05) is 23.2 Å². The van der Waals surface area contributed by atoms with Crippen molar-refractivity contribution in [3.8, 4) is 5.75 Å². The zero-order valence-corrected chi connectivity index (χ0v) is 13.1. The maximum absolute atomic E-state index is 12.2. The third kappa shape index (κ3) is 2.47. The summed E-state index contributed by atoms with van der Waals surface area (Å²) >= 11 is 12.3. The van der Waals surface area contributed by atoms with E-state index in [2.05, 4.69) is 5.10 Å². The molecule has 110 valence electrons. The number of nitrogens with zero attached hydrogens (tertiary/aromatic N) is 3. The fourth-order valence-electron chi connectivity index (χ4n) is 2.36. The van der Waals surface area contributed by atoms with E-state index in [1.807, 2.05) is 6.92 Å². The number of aromatic nitrogens is 2. The molecule has 2 heterocycles. The van der Waals surface area contributed by atoms with Crippen molar-refractivity contribution in [2.45, 2.75) is 13.5 Å². The minimum absolute atomic E-state index is 0.00552. The fourth-order valence-corrected chi connectivity index (χ4v) is 2.76. The summed E-state index contributed by atoms with van der Waals surface area (Å²) in [6.07, 6.45) is 0. The number of hydrogen-bond donors (Lipinski definition) is 0. The minimum Gasteiger partial charge on any atom is -0.482 e. The molecule has 1 aliphatic rings. The minimum atomic E-state index is -0.135. The fraction of sp³-hybridized carbons (Fsp3) is 0.286. The standard InChI is InChI=1S/C14H13Cl2N3O2/c1-8-10(14(16)18(2)17-8)6-19-11-5-9(15)3-4-12(11)21-7-13(19)20/h3-5H,6-7H2,1-2H3. The van der Waals surface area contributed by atoms with Crippen LogP contribution in [0.4, 0.5) is 5.69 Å². The lowest BCUT2D eigenvalue weighted by Crippen LogP contribution is -2.38. The molecule has 1 aliphatic heterocycles. The Hall–Kier alpha value is -1.72. The van der Waals surface area contributed by atoms with E-state index in [4.69, 9.17) is 27.9 Å². The smallest absolute Gasteiger partial charge is 0.265 e. The molecule has 0 bridgehead atoms. The van der Waals surface area contributed by atoms with Crippen LogP contribution in [0, 0.1) is 6.92 Å². The monoisotopic (exact) mass is 325 g/mol. The molecule has 0 N–H and O–H groups in total. The highest BCUT2D eigenvalue weighted by Crippen LogP contribution is 2.36. The molecule has 1 amide bonds. The summed E-state index contributed by atoms with van der Waals surface area (Å²) in [5.41, 5.74) is 2.27. The molecule has 0 saturated carbocycles. The maximum Gasteiger partial charge on any atom is 0.265 e. The van der Waals surface area contributed by atoms with Crippen LogP contribution in [-0.4, -0.2) is 22.3 Å². The van der Waals surface area contributed by atoms with Crippen molar-refractivity contribution in [3.05, 3.63) is 39.6 Å². The van der Waals surface area contributed by atoms with Gasteiger partial charge in [-0.3, -0.25) is 9.48 Å². The van der Waals surface area contributed by atoms with Crippen molar-refractivity contribution in [1.82, 2.24) is 9.78 Å². The van der Waals surface area contributed by atoms with Crippen LogP contribution in [-0.2, 0) is 18.4 Å². The topological polar surface area (TPSA) is 47.4 Å². The second kappa shape index (κ2) is 5.24. The van der Waals surface area contributed by atoms with E-state index in [1.165, 1.54) is 0 Å². The van der Waals surface area contributed by atoms with Crippen LogP contribution >= 0.6 is 23.2 Å². The van der Waals surface area contributed by atoms with Crippen molar-refractivity contribution in [2.24, 2.45) is 7.05 Å². The van der Waals surface area contributed by atoms with E-state index in [1.54, 1.807) is 34.8 Å². The molecular formula is C14H13Cl2N3O2. The van der Waals surface area contributed by atoms with Gasteiger partial charge in [0.15, 0.2) is 6.61 Å². The highest BCUT2D eigenvalue weighted by atomic mass is 35.5. The van der Waals surface area contributed by atoms with Gasteiger partial charge < -0.3 is 9.64 Å². The Morgan fingerprint density at radius 2 is 2.14 bits per heavy atom. The molecule has 0 aliphatic carbocycles. The molecule has 1 aromatic heterocycles. The summed E-state index contributed by atoms with van der Waals surface area (Å²) in [5.74, 6) is 0.501. The van der Waals surface area contributed by atoms with Gasteiger partial charge in [0, 0.05) is 17.6 Å². The second-order valence-electron chi connectivity index (χ2n) is 4.86. The van der Waals surface area contributed by atoms with Crippen molar-refractivity contribution < 1.29 is 9.53 Å². The molecule has 0 unspecified atom stereocenters. The average Bonchev–Trinajstić information content (AvgIpc) is 2.68. The molecule has 3 rings (SSSR count). The maximum atomic E-state index is 12.2. The van der Waals surface area contributed by atoms with Crippen LogP contribution in [0.15, 0.2) is 18.2 Å². The van der Waals surface area contributed by atoms with E-state index in [9.17, 15) is 4.79 Å². The van der Waals surface area contributed by atoms with Gasteiger partial charge in [-0.25, -0.2) is 0 Å². The number of rotatable bonds is 2. The number of benzene rings is 1. The lowest BCUT2D eigenvalue weighted by molar-refractivity contribution is -0.121. The van der Waals surface area contributed by atoms with Crippen LogP contribution in [0.3, 0.4) is 0 Å². The van der Waals surface area contributed by atoms with Crippen molar-refractivity contribution in [1.29, 1.82) is 0 Å². The molecule has 1 aromatic carbocycles. The number of halogens is 2. The largest absolute Gasteiger partial charge is 0.482 e. The van der Waals surface area contributed by atoms with Crippen molar-refractivity contribution in [2.75, 3.05) is 11.5 Å². The van der Waals surface area contributed by atoms with Gasteiger partial charge >= 0.3 is 0 Å². The molecule has 0 spiro atoms. The van der Waals surface area contributed by atoms with Crippen LogP contribution < -0.4 is 9.64 Å². The molecule has 0 atom stereocenters. The van der Waals surface area contributed by atoms with E-state index in [0.717, 1.165) is 11.3 Å². The summed E-state index contributed by atoms with van der Waals surface area (Å²) in [4.78, 5) is 13.8. The summed E-state index contributed by atoms with van der Waals surface area (Å²) in [5, 5.41) is 5.33. The zero-order valence-electron chi connectivity index (χ0n) is 11.6. The van der Waals surface area contributed by atoms with Gasteiger partial charge in [-0.05, 0) is 25.1 Å². The predicted octanol–water partition coefficient (Wildman–Crippen LogP) is 2.96. The Kier molecular flexibility index (Phi) is 3.55. The summed E-state index contributed by atoms with van der Waals surface area (Å²) in [6.45, 7) is 2.21. The lowest BCUT2D eigenvalue weighted by Gasteiger charge is -2.29. The number of aryl methyl sites for hydroxylation is 2. The molecule has 0 fully saturated rings. The SMILES string of the molecule is Cc1nn(C)c(Cl)c1CN1C(=O)COc2ccc(Cl)cc21. The molecule has 2 aromatic rings. The van der Waals surface area contributed by atoms with Gasteiger partial charge in [0.1, 0.15) is 10.9 Å². The normalized spacial score (nSPS) is 14.1. The van der Waals surface area contributed by atoms with Crippen LogP contribution in [0.5, 0.6) is 5.75 Å². The van der Waals surface area contributed by atoms with E-state index >= 15 is 0 Å². The summed E-state index contributed by atoms with van der Waals surface area (Å²) < 4.78 is 7.01. The molecule has 0 saturated heterocycles. The lowest BCUT2D eigenvalue weighted by atomic mass is 10.2. The van der Waals surface area contributed by atoms with Crippen LogP contribution in [0.1, 0.15) is 11.3 Å². The van der Waals surface area contributed by atoms with E-state index < -0.39 is 0 Å². The molecule has 21 heavy (non-hydrogen) atoms. The number of carbonyl (C=O) groups excluding carboxylic acids is 1. The van der Waals surface area contributed by atoms with Gasteiger partial charge in [0.2, 0.25) is 0 Å². The number of hydrogen-bond acceptors (Lipinski definition) is 3. The number of ether oxygens (including phenoxy) is 1. The van der Waals surface area contributed by atoms with E-state index in [-0.39, 0.29) is 12.5 Å². The highest BCUT2D eigenvalue weighted by Gasteiger charge is 2.27. The van der Waals surface area contributed by atoms with Crippen LogP contribution in [0.25, 0.3) is 0 Å². The Balaban J connectivity index is 2.02. The molecule has 7 heteroatoms. The number of carbonyl (C=O) groups is 1. The van der Waals surface area contributed by atoms with Crippen LogP contribution in [0.2, 0.25) is 10.2 Å². The first-order chi connectivity index (χ1) is 9.97. The van der Waals surface area contributed by atoms with Gasteiger partial charge in [0.25, 0.3) is 5.91 Å². The quantitative estimate of drug-likeness (QED) is 0.852. The predicted molar refractivity (Wildman–Crippen MR) is 81.1 cm³/mol. The third-order valence-electron chi connectivity index (χ3n) is 3.45. The Morgan fingerprint density at radius 1 is 1.38 bits per heavy atom. The number of fused-ring (bicyclic) bond motifs is 1.